The summed E-state index contributed by atoms with van der Waals surface area (Å²) in [5.74, 6) is 0.686. The van der Waals surface area contributed by atoms with Crippen molar-refractivity contribution >= 4 is 0 Å². The van der Waals surface area contributed by atoms with Crippen molar-refractivity contribution in [1.82, 2.24) is 15.5 Å². The van der Waals surface area contributed by atoms with E-state index in [2.05, 4.69) is 53.6 Å². The first-order chi connectivity index (χ1) is 9.29. The number of rotatable bonds is 7. The molecule has 1 unspecified atom stereocenters. The Balaban J connectivity index is 1.86. The van der Waals surface area contributed by atoms with Gasteiger partial charge >= 0.3 is 0 Å². The zero-order valence-electron chi connectivity index (χ0n) is 11.6. The van der Waals surface area contributed by atoms with Crippen molar-refractivity contribution in [3.05, 3.63) is 47.6 Å². The summed E-state index contributed by atoms with van der Waals surface area (Å²) in [5.41, 5.74) is 2.69. The van der Waals surface area contributed by atoms with Gasteiger partial charge in [0.15, 0.2) is 5.82 Å². The van der Waals surface area contributed by atoms with Gasteiger partial charge in [-0.3, -0.25) is 0 Å². The summed E-state index contributed by atoms with van der Waals surface area (Å²) >= 11 is 0. The van der Waals surface area contributed by atoms with Crippen LogP contribution in [0.1, 0.15) is 49.7 Å². The van der Waals surface area contributed by atoms with Gasteiger partial charge in [-0.25, -0.2) is 0 Å². The van der Waals surface area contributed by atoms with Crippen molar-refractivity contribution in [2.24, 2.45) is 0 Å². The third-order valence-corrected chi connectivity index (χ3v) is 3.27. The van der Waals surface area contributed by atoms with Crippen molar-refractivity contribution in [2.45, 2.75) is 45.7 Å². The minimum absolute atomic E-state index is 0.277. The molecule has 4 nitrogen and oxygen atoms in total. The third kappa shape index (κ3) is 4.17. The smallest absolute Gasteiger partial charge is 0.213 e. The van der Waals surface area contributed by atoms with Gasteiger partial charge in [-0.15, -0.1) is 0 Å². The molecule has 0 saturated carbocycles. The first kappa shape index (κ1) is 13.7. The number of nitrogens with zero attached hydrogens (tertiary/aromatic N) is 2. The van der Waals surface area contributed by atoms with Crippen molar-refractivity contribution in [1.29, 1.82) is 0 Å². The average molecular weight is 259 g/mol. The Labute approximate surface area is 114 Å². The first-order valence-corrected chi connectivity index (χ1v) is 6.87. The molecule has 1 N–H and O–H groups in total. The molecule has 0 aliphatic carbocycles. The summed E-state index contributed by atoms with van der Waals surface area (Å²) in [6, 6.07) is 9.10. The van der Waals surface area contributed by atoms with Crippen LogP contribution in [0.3, 0.4) is 0 Å². The molecular formula is C15H21N3O. The van der Waals surface area contributed by atoms with Gasteiger partial charge in [-0.2, -0.15) is 4.98 Å². The van der Waals surface area contributed by atoms with Crippen molar-refractivity contribution < 1.29 is 4.52 Å². The van der Waals surface area contributed by atoms with Gasteiger partial charge in [-0.1, -0.05) is 42.8 Å². The molecule has 0 radical (unpaired) electrons. The number of hydrogen-bond donors (Lipinski definition) is 1. The van der Waals surface area contributed by atoms with E-state index in [0.29, 0.717) is 12.4 Å². The fraction of sp³-hybridized carbons (Fsp3) is 0.467. The van der Waals surface area contributed by atoms with Gasteiger partial charge in [0.1, 0.15) is 0 Å². The highest BCUT2D eigenvalue weighted by Gasteiger charge is 2.06. The number of aryl methyl sites for hydroxylation is 1. The van der Waals surface area contributed by atoms with E-state index in [0.717, 1.165) is 0 Å². The molecule has 0 aliphatic rings. The predicted molar refractivity (Wildman–Crippen MR) is 74.6 cm³/mol. The minimum Gasteiger partial charge on any atom is -0.343 e. The summed E-state index contributed by atoms with van der Waals surface area (Å²) < 4.78 is 4.70. The van der Waals surface area contributed by atoms with Crippen LogP contribution in [-0.4, -0.2) is 10.1 Å². The van der Waals surface area contributed by atoms with Gasteiger partial charge < -0.3 is 9.84 Å². The van der Waals surface area contributed by atoms with E-state index in [1.54, 1.807) is 0 Å². The molecule has 4 heteroatoms. The fourth-order valence-corrected chi connectivity index (χ4v) is 1.99. The summed E-state index contributed by atoms with van der Waals surface area (Å²) in [7, 11) is 0. The molecule has 1 heterocycles. The predicted octanol–water partition coefficient (Wildman–Crippen LogP) is 3.26. The topological polar surface area (TPSA) is 51.0 Å². The average Bonchev–Trinajstić information content (AvgIpc) is 2.96. The highest BCUT2D eigenvalue weighted by atomic mass is 16.5. The fourth-order valence-electron chi connectivity index (χ4n) is 1.99. The van der Waals surface area contributed by atoms with Crippen LogP contribution in [0.15, 0.2) is 35.2 Å². The van der Waals surface area contributed by atoms with Crippen LogP contribution in [0.4, 0.5) is 0 Å². The Kier molecular flexibility index (Phi) is 5.10. The van der Waals surface area contributed by atoms with Crippen molar-refractivity contribution in [2.75, 3.05) is 0 Å². The maximum Gasteiger partial charge on any atom is 0.213 e. The molecule has 102 valence electrons. The number of unbranched alkanes of at least 4 members (excludes halogenated alkanes) is 1. The van der Waals surface area contributed by atoms with E-state index >= 15 is 0 Å². The van der Waals surface area contributed by atoms with E-state index in [4.69, 9.17) is 4.52 Å². The Morgan fingerprint density at radius 2 is 2.05 bits per heavy atom. The Bertz CT molecular complexity index is 465. The normalized spacial score (nSPS) is 12.5. The Morgan fingerprint density at radius 3 is 2.68 bits per heavy atom. The van der Waals surface area contributed by atoms with E-state index in [9.17, 15) is 0 Å². The van der Waals surface area contributed by atoms with Gasteiger partial charge in [0.25, 0.3) is 0 Å². The molecule has 1 aromatic heterocycles. The van der Waals surface area contributed by atoms with Crippen molar-refractivity contribution in [3.8, 4) is 0 Å². The molecule has 1 aromatic carbocycles. The van der Waals surface area contributed by atoms with Gasteiger partial charge in [0.05, 0.1) is 6.54 Å². The SMILES string of the molecule is CCCCc1ccc(C(C)NCc2ncon2)cc1. The molecule has 19 heavy (non-hydrogen) atoms. The number of nitrogens with one attached hydrogen (secondary N) is 1. The number of hydrogen-bond acceptors (Lipinski definition) is 4. The number of benzene rings is 1. The lowest BCUT2D eigenvalue weighted by atomic mass is 10.0. The van der Waals surface area contributed by atoms with Gasteiger partial charge in [0, 0.05) is 6.04 Å². The van der Waals surface area contributed by atoms with Crippen LogP contribution >= 0.6 is 0 Å². The molecule has 2 aromatic rings. The molecule has 0 fully saturated rings. The van der Waals surface area contributed by atoms with E-state index in [1.165, 1.54) is 36.8 Å². The second-order valence-electron chi connectivity index (χ2n) is 4.80. The molecule has 2 rings (SSSR count). The Hall–Kier alpha value is -1.68. The standard InChI is InChI=1S/C15H21N3O/c1-3-4-5-13-6-8-14(9-7-13)12(2)16-10-15-17-11-19-18-15/h6-9,11-12,16H,3-5,10H2,1-2H3. The zero-order valence-corrected chi connectivity index (χ0v) is 11.6. The Morgan fingerprint density at radius 1 is 1.26 bits per heavy atom. The van der Waals surface area contributed by atoms with E-state index in [-0.39, 0.29) is 6.04 Å². The first-order valence-electron chi connectivity index (χ1n) is 6.87. The lowest BCUT2D eigenvalue weighted by Crippen LogP contribution is -2.18. The molecule has 0 saturated heterocycles. The van der Waals surface area contributed by atoms with Crippen LogP contribution < -0.4 is 5.32 Å². The second kappa shape index (κ2) is 7.04. The van der Waals surface area contributed by atoms with Gasteiger partial charge in [-0.05, 0) is 30.9 Å². The van der Waals surface area contributed by atoms with Crippen LogP contribution in [0.2, 0.25) is 0 Å². The van der Waals surface area contributed by atoms with Crippen LogP contribution in [0.5, 0.6) is 0 Å². The molecule has 0 aliphatic heterocycles. The van der Waals surface area contributed by atoms with E-state index < -0.39 is 0 Å². The van der Waals surface area contributed by atoms with Crippen LogP contribution in [0, 0.1) is 0 Å². The van der Waals surface area contributed by atoms with Crippen molar-refractivity contribution in [3.63, 3.8) is 0 Å². The molecule has 0 spiro atoms. The highest BCUT2D eigenvalue weighted by Crippen LogP contribution is 2.15. The second-order valence-corrected chi connectivity index (χ2v) is 4.80. The van der Waals surface area contributed by atoms with Crippen LogP contribution in [0.25, 0.3) is 0 Å². The lowest BCUT2D eigenvalue weighted by molar-refractivity contribution is 0.405. The summed E-state index contributed by atoms with van der Waals surface area (Å²) in [4.78, 5) is 3.99. The largest absolute Gasteiger partial charge is 0.343 e. The maximum absolute atomic E-state index is 4.70. The van der Waals surface area contributed by atoms with Gasteiger partial charge in [0.2, 0.25) is 6.39 Å². The monoisotopic (exact) mass is 259 g/mol. The zero-order chi connectivity index (χ0) is 13.5. The molecule has 0 bridgehead atoms. The number of aromatic nitrogens is 2. The summed E-state index contributed by atoms with van der Waals surface area (Å²) in [6.07, 6.45) is 5.01. The van der Waals surface area contributed by atoms with Crippen LogP contribution in [-0.2, 0) is 13.0 Å². The highest BCUT2D eigenvalue weighted by molar-refractivity contribution is 5.24. The molecule has 1 atom stereocenters. The quantitative estimate of drug-likeness (QED) is 0.829. The molecular weight excluding hydrogens is 238 g/mol. The summed E-state index contributed by atoms with van der Waals surface area (Å²) in [5, 5.41) is 7.16. The minimum atomic E-state index is 0.277. The lowest BCUT2D eigenvalue weighted by Gasteiger charge is -2.13. The van der Waals surface area contributed by atoms with E-state index in [1.807, 2.05) is 0 Å². The molecule has 0 amide bonds. The third-order valence-electron chi connectivity index (χ3n) is 3.27. The maximum atomic E-state index is 4.70. The summed E-state index contributed by atoms with van der Waals surface area (Å²) in [6.45, 7) is 4.98.